The van der Waals surface area contributed by atoms with Gasteiger partial charge in [-0.1, -0.05) is 29.8 Å². The number of halogens is 3. The number of nitrogens with one attached hydrogen (secondary N) is 1. The molecule has 0 amide bonds. The predicted molar refractivity (Wildman–Crippen MR) is 80.8 cm³/mol. The molecule has 2 aromatic carbocycles. The fraction of sp³-hybridized carbons (Fsp3) is 0.294. The number of hydrogen-bond donors (Lipinski definition) is 1. The maximum Gasteiger partial charge on any atom is 0.142 e. The van der Waals surface area contributed by atoms with Crippen molar-refractivity contribution in [2.45, 2.75) is 18.3 Å². The lowest BCUT2D eigenvalue weighted by Gasteiger charge is -2.33. The van der Waals surface area contributed by atoms with Crippen LogP contribution < -0.4 is 5.32 Å². The van der Waals surface area contributed by atoms with Gasteiger partial charge in [-0.05, 0) is 54.3 Å². The smallest absolute Gasteiger partial charge is 0.142 e. The zero-order valence-electron chi connectivity index (χ0n) is 11.5. The summed E-state index contributed by atoms with van der Waals surface area (Å²) in [5, 5.41) is 3.47. The zero-order chi connectivity index (χ0) is 14.8. The van der Waals surface area contributed by atoms with Crippen LogP contribution in [0.4, 0.5) is 8.78 Å². The molecule has 2 aromatic rings. The van der Waals surface area contributed by atoms with Crippen LogP contribution in [0.5, 0.6) is 0 Å². The summed E-state index contributed by atoms with van der Waals surface area (Å²) in [5.74, 6) is -0.334. The minimum atomic E-state index is -0.398. The Kier molecular flexibility index (Phi) is 4.22. The molecule has 0 bridgehead atoms. The Bertz CT molecular complexity index is 644. The molecule has 0 radical (unpaired) electrons. The maximum absolute atomic E-state index is 13.7. The van der Waals surface area contributed by atoms with Gasteiger partial charge >= 0.3 is 0 Å². The first kappa shape index (κ1) is 14.5. The van der Waals surface area contributed by atoms with E-state index in [-0.39, 0.29) is 22.7 Å². The number of benzene rings is 2. The van der Waals surface area contributed by atoms with E-state index in [4.69, 9.17) is 11.6 Å². The Labute approximate surface area is 127 Å². The lowest BCUT2D eigenvalue weighted by atomic mass is 9.77. The lowest BCUT2D eigenvalue weighted by Crippen LogP contribution is -2.34. The first-order chi connectivity index (χ1) is 10.1. The standard InChI is InChI=1S/C17H16ClF2N/c18-16-5-4-12(9-17(16)20)14-6-7-21-10-15(14)11-2-1-3-13(19)8-11/h1-5,8-9,14-15,21H,6-7,10H2. The van der Waals surface area contributed by atoms with Crippen LogP contribution in [0.1, 0.15) is 29.4 Å². The molecule has 1 N–H and O–H groups in total. The van der Waals surface area contributed by atoms with Crippen molar-refractivity contribution in [1.29, 1.82) is 0 Å². The van der Waals surface area contributed by atoms with Gasteiger partial charge in [0.05, 0.1) is 5.02 Å². The van der Waals surface area contributed by atoms with Gasteiger partial charge in [-0.3, -0.25) is 0 Å². The molecular weight excluding hydrogens is 292 g/mol. The average molecular weight is 308 g/mol. The third-order valence-corrected chi connectivity index (χ3v) is 4.44. The van der Waals surface area contributed by atoms with E-state index in [0.717, 1.165) is 30.6 Å². The molecule has 2 unspecified atom stereocenters. The van der Waals surface area contributed by atoms with Gasteiger partial charge in [0.15, 0.2) is 0 Å². The van der Waals surface area contributed by atoms with E-state index >= 15 is 0 Å². The van der Waals surface area contributed by atoms with Crippen molar-refractivity contribution in [2.24, 2.45) is 0 Å². The second kappa shape index (κ2) is 6.12. The van der Waals surface area contributed by atoms with E-state index in [1.54, 1.807) is 18.2 Å². The molecule has 1 heterocycles. The van der Waals surface area contributed by atoms with Crippen molar-refractivity contribution >= 4 is 11.6 Å². The first-order valence-electron chi connectivity index (χ1n) is 7.06. The third-order valence-electron chi connectivity index (χ3n) is 4.13. The highest BCUT2D eigenvalue weighted by Gasteiger charge is 2.28. The molecule has 1 fully saturated rings. The summed E-state index contributed by atoms with van der Waals surface area (Å²) >= 11 is 5.76. The van der Waals surface area contributed by atoms with Crippen molar-refractivity contribution in [3.63, 3.8) is 0 Å². The van der Waals surface area contributed by atoms with Crippen LogP contribution in [-0.4, -0.2) is 13.1 Å². The zero-order valence-corrected chi connectivity index (χ0v) is 12.2. The molecule has 0 aromatic heterocycles. The van der Waals surface area contributed by atoms with Gasteiger partial charge in [0.1, 0.15) is 11.6 Å². The molecule has 4 heteroatoms. The molecule has 21 heavy (non-hydrogen) atoms. The number of piperidine rings is 1. The predicted octanol–water partition coefficient (Wildman–Crippen LogP) is 4.48. The molecule has 3 rings (SSSR count). The molecule has 0 spiro atoms. The van der Waals surface area contributed by atoms with Gasteiger partial charge in [-0.15, -0.1) is 0 Å². The minimum Gasteiger partial charge on any atom is -0.316 e. The van der Waals surface area contributed by atoms with Crippen LogP contribution in [0.25, 0.3) is 0 Å². The van der Waals surface area contributed by atoms with Crippen LogP contribution in [0, 0.1) is 11.6 Å². The normalized spacial score (nSPS) is 22.2. The van der Waals surface area contributed by atoms with Gasteiger partial charge in [-0.25, -0.2) is 8.78 Å². The highest BCUT2D eigenvalue weighted by molar-refractivity contribution is 6.30. The van der Waals surface area contributed by atoms with E-state index in [1.165, 1.54) is 12.1 Å². The molecule has 0 aliphatic carbocycles. The average Bonchev–Trinajstić information content (AvgIpc) is 2.50. The van der Waals surface area contributed by atoms with Crippen LogP contribution in [0.15, 0.2) is 42.5 Å². The van der Waals surface area contributed by atoms with Crippen molar-refractivity contribution in [3.8, 4) is 0 Å². The Balaban J connectivity index is 1.96. The van der Waals surface area contributed by atoms with E-state index < -0.39 is 5.82 Å². The molecule has 1 aliphatic heterocycles. The minimum absolute atomic E-state index is 0.134. The summed E-state index contributed by atoms with van der Waals surface area (Å²) < 4.78 is 27.2. The first-order valence-corrected chi connectivity index (χ1v) is 7.44. The quantitative estimate of drug-likeness (QED) is 0.862. The topological polar surface area (TPSA) is 12.0 Å². The van der Waals surface area contributed by atoms with E-state index in [0.29, 0.717) is 0 Å². The van der Waals surface area contributed by atoms with Crippen molar-refractivity contribution in [2.75, 3.05) is 13.1 Å². The van der Waals surface area contributed by atoms with Gasteiger partial charge < -0.3 is 5.32 Å². The molecule has 2 atom stereocenters. The van der Waals surface area contributed by atoms with E-state index in [2.05, 4.69) is 5.32 Å². The molecule has 1 aliphatic rings. The van der Waals surface area contributed by atoms with Crippen LogP contribution in [0.2, 0.25) is 5.02 Å². The molecule has 0 saturated carbocycles. The van der Waals surface area contributed by atoms with Gasteiger partial charge in [0.25, 0.3) is 0 Å². The Morgan fingerprint density at radius 2 is 1.81 bits per heavy atom. The van der Waals surface area contributed by atoms with Crippen LogP contribution in [0.3, 0.4) is 0 Å². The van der Waals surface area contributed by atoms with Gasteiger partial charge in [0, 0.05) is 12.5 Å². The molecule has 1 nitrogen and oxygen atoms in total. The van der Waals surface area contributed by atoms with Gasteiger partial charge in [-0.2, -0.15) is 0 Å². The van der Waals surface area contributed by atoms with Gasteiger partial charge in [0.2, 0.25) is 0 Å². The van der Waals surface area contributed by atoms with Crippen molar-refractivity contribution in [1.82, 2.24) is 5.32 Å². The second-order valence-corrected chi connectivity index (χ2v) is 5.84. The summed E-state index contributed by atoms with van der Waals surface area (Å²) in [6, 6.07) is 11.6. The van der Waals surface area contributed by atoms with Crippen molar-refractivity contribution < 1.29 is 8.78 Å². The SMILES string of the molecule is Fc1cccc(C2CNCCC2c2ccc(Cl)c(F)c2)c1. The van der Waals surface area contributed by atoms with E-state index in [9.17, 15) is 8.78 Å². The largest absolute Gasteiger partial charge is 0.316 e. The van der Waals surface area contributed by atoms with Crippen molar-refractivity contribution in [3.05, 3.63) is 70.2 Å². The summed E-state index contributed by atoms with van der Waals surface area (Å²) in [4.78, 5) is 0. The van der Waals surface area contributed by atoms with Crippen LogP contribution >= 0.6 is 11.6 Å². The fourth-order valence-electron chi connectivity index (χ4n) is 3.09. The molecule has 1 saturated heterocycles. The maximum atomic E-state index is 13.7. The Hall–Kier alpha value is -1.45. The second-order valence-electron chi connectivity index (χ2n) is 5.43. The highest BCUT2D eigenvalue weighted by atomic mass is 35.5. The molecular formula is C17H16ClF2N. The Morgan fingerprint density at radius 1 is 1.00 bits per heavy atom. The van der Waals surface area contributed by atoms with Crippen LogP contribution in [-0.2, 0) is 0 Å². The molecule has 110 valence electrons. The number of rotatable bonds is 2. The summed E-state index contributed by atoms with van der Waals surface area (Å²) in [5.41, 5.74) is 1.87. The third kappa shape index (κ3) is 3.09. The monoisotopic (exact) mass is 307 g/mol. The fourth-order valence-corrected chi connectivity index (χ4v) is 3.21. The summed E-state index contributed by atoms with van der Waals surface area (Å²) in [7, 11) is 0. The van der Waals surface area contributed by atoms with E-state index in [1.807, 2.05) is 12.1 Å². The number of hydrogen-bond acceptors (Lipinski definition) is 1. The summed E-state index contributed by atoms with van der Waals surface area (Å²) in [6.45, 7) is 1.64. The lowest BCUT2D eigenvalue weighted by molar-refractivity contribution is 0.402. The highest BCUT2D eigenvalue weighted by Crippen LogP contribution is 2.38. The summed E-state index contributed by atoms with van der Waals surface area (Å²) in [6.07, 6.45) is 0.891. The Morgan fingerprint density at radius 3 is 2.57 bits per heavy atom.